The molecule has 0 aromatic carbocycles. The lowest BCUT2D eigenvalue weighted by molar-refractivity contribution is 0.842. The van der Waals surface area contributed by atoms with Crippen molar-refractivity contribution in [1.29, 1.82) is 0 Å². The molecule has 0 saturated heterocycles. The highest BCUT2D eigenvalue weighted by molar-refractivity contribution is 7.99. The second-order valence-electron chi connectivity index (χ2n) is 2.05. The van der Waals surface area contributed by atoms with E-state index in [1.165, 1.54) is 0 Å². The average molecular weight is 141 g/mol. The third kappa shape index (κ3) is 1.60. The van der Waals surface area contributed by atoms with E-state index in [9.17, 15) is 0 Å². The van der Waals surface area contributed by atoms with Crippen LogP contribution in [-0.4, -0.2) is 17.5 Å². The van der Waals surface area contributed by atoms with Gasteiger partial charge in [-0.1, -0.05) is 24.3 Å². The van der Waals surface area contributed by atoms with Crippen LogP contribution >= 0.6 is 11.8 Å². The highest BCUT2D eigenvalue weighted by atomic mass is 32.2. The molecular formula is C7H11NS. The predicted molar refractivity (Wildman–Crippen MR) is 43.6 cm³/mol. The maximum atomic E-state index is 5.73. The molecule has 1 rings (SSSR count). The summed E-state index contributed by atoms with van der Waals surface area (Å²) in [7, 11) is 0. The normalized spacial score (nSPS) is 33.1. The molecule has 2 N–H and O–H groups in total. The minimum atomic E-state index is 0.213. The first-order chi connectivity index (χ1) is 4.34. The Morgan fingerprint density at radius 3 is 2.44 bits per heavy atom. The SMILES string of the molecule is CSC1C=CC=CC1N. The summed E-state index contributed by atoms with van der Waals surface area (Å²) < 4.78 is 0. The molecule has 1 aliphatic carbocycles. The van der Waals surface area contributed by atoms with Crippen molar-refractivity contribution in [2.24, 2.45) is 5.73 Å². The molecule has 0 fully saturated rings. The van der Waals surface area contributed by atoms with E-state index >= 15 is 0 Å². The number of hydrogen-bond acceptors (Lipinski definition) is 2. The van der Waals surface area contributed by atoms with Crippen LogP contribution in [0.15, 0.2) is 24.3 Å². The second-order valence-corrected chi connectivity index (χ2v) is 3.06. The van der Waals surface area contributed by atoms with Crippen molar-refractivity contribution in [1.82, 2.24) is 0 Å². The lowest BCUT2D eigenvalue weighted by Gasteiger charge is -2.16. The van der Waals surface area contributed by atoms with Gasteiger partial charge in [0.1, 0.15) is 0 Å². The van der Waals surface area contributed by atoms with Gasteiger partial charge in [-0.2, -0.15) is 11.8 Å². The van der Waals surface area contributed by atoms with E-state index in [4.69, 9.17) is 5.73 Å². The van der Waals surface area contributed by atoms with Gasteiger partial charge in [-0.15, -0.1) is 0 Å². The summed E-state index contributed by atoms with van der Waals surface area (Å²) >= 11 is 1.79. The van der Waals surface area contributed by atoms with Crippen LogP contribution in [0.2, 0.25) is 0 Å². The Kier molecular flexibility index (Phi) is 2.37. The van der Waals surface area contributed by atoms with E-state index in [0.29, 0.717) is 5.25 Å². The zero-order chi connectivity index (χ0) is 6.69. The van der Waals surface area contributed by atoms with Gasteiger partial charge in [0.05, 0.1) is 0 Å². The fraction of sp³-hybridized carbons (Fsp3) is 0.429. The van der Waals surface area contributed by atoms with Crippen molar-refractivity contribution in [2.45, 2.75) is 11.3 Å². The van der Waals surface area contributed by atoms with Gasteiger partial charge in [-0.3, -0.25) is 0 Å². The molecule has 2 atom stereocenters. The van der Waals surface area contributed by atoms with Crippen molar-refractivity contribution >= 4 is 11.8 Å². The third-order valence-corrected chi connectivity index (χ3v) is 2.41. The van der Waals surface area contributed by atoms with E-state index in [1.54, 1.807) is 11.8 Å². The van der Waals surface area contributed by atoms with Crippen LogP contribution in [0.4, 0.5) is 0 Å². The molecule has 50 valence electrons. The van der Waals surface area contributed by atoms with Gasteiger partial charge in [0.25, 0.3) is 0 Å². The van der Waals surface area contributed by atoms with Crippen molar-refractivity contribution < 1.29 is 0 Å². The van der Waals surface area contributed by atoms with E-state index in [-0.39, 0.29) is 6.04 Å². The Morgan fingerprint density at radius 1 is 1.33 bits per heavy atom. The maximum Gasteiger partial charge on any atom is 0.0414 e. The molecule has 1 nitrogen and oxygen atoms in total. The average Bonchev–Trinajstić information content (AvgIpc) is 1.89. The highest BCUT2D eigenvalue weighted by Gasteiger charge is 2.11. The Labute approximate surface area is 60.0 Å². The molecule has 0 saturated carbocycles. The number of nitrogens with two attached hydrogens (primary N) is 1. The van der Waals surface area contributed by atoms with Crippen LogP contribution in [0.5, 0.6) is 0 Å². The Balaban J connectivity index is 2.55. The van der Waals surface area contributed by atoms with E-state index in [0.717, 1.165) is 0 Å². The molecule has 1 aliphatic rings. The van der Waals surface area contributed by atoms with E-state index in [2.05, 4.69) is 12.3 Å². The van der Waals surface area contributed by atoms with Crippen LogP contribution in [0.25, 0.3) is 0 Å². The fourth-order valence-corrected chi connectivity index (χ4v) is 1.49. The number of hydrogen-bond donors (Lipinski definition) is 1. The van der Waals surface area contributed by atoms with Gasteiger partial charge in [-0.25, -0.2) is 0 Å². The topological polar surface area (TPSA) is 26.0 Å². The summed E-state index contributed by atoms with van der Waals surface area (Å²) in [6.45, 7) is 0. The van der Waals surface area contributed by atoms with Gasteiger partial charge in [0, 0.05) is 11.3 Å². The Hall–Kier alpha value is -0.210. The van der Waals surface area contributed by atoms with Crippen molar-refractivity contribution in [3.63, 3.8) is 0 Å². The maximum absolute atomic E-state index is 5.73. The summed E-state index contributed by atoms with van der Waals surface area (Å²) in [6.07, 6.45) is 10.3. The summed E-state index contributed by atoms with van der Waals surface area (Å²) in [5.41, 5.74) is 5.73. The summed E-state index contributed by atoms with van der Waals surface area (Å²) in [6, 6.07) is 0.213. The second kappa shape index (κ2) is 3.08. The van der Waals surface area contributed by atoms with Gasteiger partial charge >= 0.3 is 0 Å². The number of allylic oxidation sites excluding steroid dienone is 2. The van der Waals surface area contributed by atoms with Crippen LogP contribution in [0.3, 0.4) is 0 Å². The number of thioether (sulfide) groups is 1. The molecular weight excluding hydrogens is 130 g/mol. The molecule has 0 aromatic heterocycles. The van der Waals surface area contributed by atoms with E-state index in [1.807, 2.05) is 18.2 Å². The molecule has 9 heavy (non-hydrogen) atoms. The standard InChI is InChI=1S/C7H11NS/c1-9-7-5-3-2-4-6(7)8/h2-7H,8H2,1H3. The van der Waals surface area contributed by atoms with Gasteiger partial charge in [0.15, 0.2) is 0 Å². The van der Waals surface area contributed by atoms with Crippen LogP contribution in [-0.2, 0) is 0 Å². The van der Waals surface area contributed by atoms with E-state index < -0.39 is 0 Å². The predicted octanol–water partition coefficient (Wildman–Crippen LogP) is 1.17. The quantitative estimate of drug-likeness (QED) is 0.593. The zero-order valence-electron chi connectivity index (χ0n) is 5.45. The van der Waals surface area contributed by atoms with Gasteiger partial charge < -0.3 is 5.73 Å². The molecule has 0 amide bonds. The van der Waals surface area contributed by atoms with Gasteiger partial charge in [0.2, 0.25) is 0 Å². The van der Waals surface area contributed by atoms with Crippen molar-refractivity contribution in [3.8, 4) is 0 Å². The molecule has 0 bridgehead atoms. The Morgan fingerprint density at radius 2 is 2.00 bits per heavy atom. The minimum absolute atomic E-state index is 0.213. The summed E-state index contributed by atoms with van der Waals surface area (Å²) in [4.78, 5) is 0. The summed E-state index contributed by atoms with van der Waals surface area (Å²) in [5, 5.41) is 0.481. The molecule has 0 aliphatic heterocycles. The Bertz CT molecular complexity index is 140. The molecule has 2 unspecified atom stereocenters. The highest BCUT2D eigenvalue weighted by Crippen LogP contribution is 2.15. The fourth-order valence-electron chi connectivity index (χ4n) is 0.840. The molecule has 0 spiro atoms. The molecule has 0 aromatic rings. The zero-order valence-corrected chi connectivity index (χ0v) is 6.27. The van der Waals surface area contributed by atoms with Crippen molar-refractivity contribution in [3.05, 3.63) is 24.3 Å². The molecule has 2 heteroatoms. The summed E-state index contributed by atoms with van der Waals surface area (Å²) in [5.74, 6) is 0. The first-order valence-corrected chi connectivity index (χ1v) is 4.27. The first-order valence-electron chi connectivity index (χ1n) is 2.98. The lowest BCUT2D eigenvalue weighted by atomic mass is 10.1. The molecule has 0 radical (unpaired) electrons. The monoisotopic (exact) mass is 141 g/mol. The number of rotatable bonds is 1. The largest absolute Gasteiger partial charge is 0.323 e. The molecule has 0 heterocycles. The van der Waals surface area contributed by atoms with Gasteiger partial charge in [-0.05, 0) is 6.26 Å². The van der Waals surface area contributed by atoms with Crippen LogP contribution in [0, 0.1) is 0 Å². The van der Waals surface area contributed by atoms with Crippen LogP contribution in [0.1, 0.15) is 0 Å². The van der Waals surface area contributed by atoms with Crippen molar-refractivity contribution in [2.75, 3.05) is 6.26 Å². The van der Waals surface area contributed by atoms with Crippen LogP contribution < -0.4 is 5.73 Å². The lowest BCUT2D eigenvalue weighted by Crippen LogP contribution is -2.29. The third-order valence-electron chi connectivity index (χ3n) is 1.40. The minimum Gasteiger partial charge on any atom is -0.323 e. The smallest absolute Gasteiger partial charge is 0.0414 e. The first kappa shape index (κ1) is 6.90.